The van der Waals surface area contributed by atoms with E-state index in [0.717, 1.165) is 0 Å². The lowest BCUT2D eigenvalue weighted by molar-refractivity contribution is -0.386. The molecule has 0 radical (unpaired) electrons. The Hall–Kier alpha value is -3.49. The molecular formula is C22H28N2O7. The summed E-state index contributed by atoms with van der Waals surface area (Å²) >= 11 is 0. The van der Waals surface area contributed by atoms with Gasteiger partial charge in [-0.25, -0.2) is 0 Å². The van der Waals surface area contributed by atoms with Crippen LogP contribution in [0.5, 0.6) is 23.0 Å². The second-order valence-electron chi connectivity index (χ2n) is 7.68. The van der Waals surface area contributed by atoms with Gasteiger partial charge in [-0.3, -0.25) is 14.9 Å². The molecule has 9 heteroatoms. The lowest BCUT2D eigenvalue weighted by atomic mass is 9.87. The topological polar surface area (TPSA) is 109 Å². The van der Waals surface area contributed by atoms with Crippen molar-refractivity contribution in [1.82, 2.24) is 5.32 Å². The van der Waals surface area contributed by atoms with Crippen LogP contribution in [-0.2, 0) is 5.41 Å². The second kappa shape index (κ2) is 10.0. The number of hydrogen-bond donors (Lipinski definition) is 1. The van der Waals surface area contributed by atoms with E-state index in [0.29, 0.717) is 5.75 Å². The van der Waals surface area contributed by atoms with E-state index in [1.165, 1.54) is 33.0 Å². The van der Waals surface area contributed by atoms with Gasteiger partial charge < -0.3 is 24.3 Å². The summed E-state index contributed by atoms with van der Waals surface area (Å²) in [6.07, 6.45) is 0. The van der Waals surface area contributed by atoms with Gasteiger partial charge in [0.2, 0.25) is 11.5 Å². The first kappa shape index (κ1) is 23.8. The number of nitrogens with one attached hydrogen (secondary N) is 1. The van der Waals surface area contributed by atoms with Crippen molar-refractivity contribution < 1.29 is 28.7 Å². The molecular weight excluding hydrogens is 404 g/mol. The van der Waals surface area contributed by atoms with Gasteiger partial charge in [0.1, 0.15) is 17.9 Å². The number of amides is 1. The largest absolute Gasteiger partial charge is 0.493 e. The van der Waals surface area contributed by atoms with Gasteiger partial charge in [-0.1, -0.05) is 32.9 Å². The van der Waals surface area contributed by atoms with Crippen LogP contribution in [0.1, 0.15) is 36.7 Å². The number of nitro benzene ring substituents is 1. The van der Waals surface area contributed by atoms with Crippen LogP contribution in [0.3, 0.4) is 0 Å². The minimum absolute atomic E-state index is 0.0373. The first-order chi connectivity index (χ1) is 14.6. The fourth-order valence-corrected chi connectivity index (χ4v) is 2.98. The molecule has 0 fully saturated rings. The average molecular weight is 432 g/mol. The molecule has 0 saturated heterocycles. The summed E-state index contributed by atoms with van der Waals surface area (Å²) in [5.41, 5.74) is 0.523. The van der Waals surface area contributed by atoms with Crippen molar-refractivity contribution in [2.45, 2.75) is 26.2 Å². The van der Waals surface area contributed by atoms with E-state index in [9.17, 15) is 14.9 Å². The van der Waals surface area contributed by atoms with Crippen molar-refractivity contribution in [1.29, 1.82) is 0 Å². The van der Waals surface area contributed by atoms with E-state index in [-0.39, 0.29) is 41.4 Å². The molecule has 31 heavy (non-hydrogen) atoms. The van der Waals surface area contributed by atoms with Gasteiger partial charge in [0, 0.05) is 6.07 Å². The molecule has 0 aromatic heterocycles. The Bertz CT molecular complexity index is 934. The highest BCUT2D eigenvalue weighted by molar-refractivity contribution is 6.00. The van der Waals surface area contributed by atoms with Gasteiger partial charge in [-0.05, 0) is 23.1 Å². The summed E-state index contributed by atoms with van der Waals surface area (Å²) in [7, 11) is 3.95. The molecule has 0 saturated carbocycles. The van der Waals surface area contributed by atoms with Crippen LogP contribution in [0.15, 0.2) is 30.3 Å². The minimum atomic E-state index is -0.691. The van der Waals surface area contributed by atoms with Crippen LogP contribution in [-0.4, -0.2) is 45.3 Å². The predicted octanol–water partition coefficient (Wildman–Crippen LogP) is 3.73. The molecule has 0 atom stereocenters. The SMILES string of the molecule is COc1cc(C(=O)NCCOc2ccc(C(C)(C)C)cc2)c([N+](=O)[O-])c(OC)c1OC. The fraction of sp³-hybridized carbons (Fsp3) is 0.409. The fourth-order valence-electron chi connectivity index (χ4n) is 2.98. The highest BCUT2D eigenvalue weighted by Crippen LogP contribution is 2.46. The Morgan fingerprint density at radius 1 is 1.03 bits per heavy atom. The first-order valence-corrected chi connectivity index (χ1v) is 9.63. The number of ether oxygens (including phenoxy) is 4. The van der Waals surface area contributed by atoms with Crippen LogP contribution >= 0.6 is 0 Å². The van der Waals surface area contributed by atoms with Crippen LogP contribution in [0.2, 0.25) is 0 Å². The summed E-state index contributed by atoms with van der Waals surface area (Å²) in [6.45, 7) is 6.72. The lowest BCUT2D eigenvalue weighted by Crippen LogP contribution is -2.29. The molecule has 0 spiro atoms. The van der Waals surface area contributed by atoms with Crippen LogP contribution in [0.4, 0.5) is 5.69 Å². The van der Waals surface area contributed by atoms with Crippen molar-refractivity contribution in [3.8, 4) is 23.0 Å². The first-order valence-electron chi connectivity index (χ1n) is 9.63. The predicted molar refractivity (Wildman–Crippen MR) is 116 cm³/mol. The number of nitro groups is 1. The Labute approximate surface area is 181 Å². The van der Waals surface area contributed by atoms with Crippen molar-refractivity contribution in [3.63, 3.8) is 0 Å². The molecule has 2 aromatic carbocycles. The van der Waals surface area contributed by atoms with Gasteiger partial charge in [-0.15, -0.1) is 0 Å². The normalized spacial score (nSPS) is 10.9. The Balaban J connectivity index is 2.10. The summed E-state index contributed by atoms with van der Waals surface area (Å²) in [6, 6.07) is 8.97. The van der Waals surface area contributed by atoms with E-state index in [1.54, 1.807) is 0 Å². The molecule has 9 nitrogen and oxygen atoms in total. The van der Waals surface area contributed by atoms with Crippen molar-refractivity contribution in [2.24, 2.45) is 0 Å². The molecule has 168 valence electrons. The minimum Gasteiger partial charge on any atom is -0.493 e. The number of benzene rings is 2. The van der Waals surface area contributed by atoms with E-state index >= 15 is 0 Å². The molecule has 0 aliphatic rings. The molecule has 1 N–H and O–H groups in total. The quantitative estimate of drug-likeness (QED) is 0.365. The number of carbonyl (C=O) groups is 1. The maximum atomic E-state index is 12.6. The third-order valence-corrected chi connectivity index (χ3v) is 4.61. The number of rotatable bonds is 9. The third-order valence-electron chi connectivity index (χ3n) is 4.61. The highest BCUT2D eigenvalue weighted by atomic mass is 16.6. The molecule has 2 rings (SSSR count). The zero-order valence-electron chi connectivity index (χ0n) is 18.6. The monoisotopic (exact) mass is 432 g/mol. The summed E-state index contributed by atoms with van der Waals surface area (Å²) in [5, 5.41) is 14.2. The van der Waals surface area contributed by atoms with Crippen LogP contribution in [0.25, 0.3) is 0 Å². The maximum Gasteiger partial charge on any atom is 0.327 e. The Morgan fingerprint density at radius 3 is 2.13 bits per heavy atom. The molecule has 0 bridgehead atoms. The summed E-state index contributed by atoms with van der Waals surface area (Å²) < 4.78 is 21.1. The van der Waals surface area contributed by atoms with E-state index in [4.69, 9.17) is 18.9 Å². The number of carbonyl (C=O) groups excluding carboxylic acids is 1. The standard InChI is InChI=1S/C22H28N2O7/c1-22(2,3)14-7-9-15(10-8-14)31-12-11-23-21(25)16-13-17(28-4)19(29-5)20(30-6)18(16)24(26)27/h7-10,13H,11-12H2,1-6H3,(H,23,25). The van der Waals surface area contributed by atoms with Gasteiger partial charge in [0.05, 0.1) is 32.8 Å². The molecule has 0 heterocycles. The molecule has 1 amide bonds. The Morgan fingerprint density at radius 2 is 1.65 bits per heavy atom. The number of methoxy groups -OCH3 is 3. The average Bonchev–Trinajstić information content (AvgIpc) is 2.74. The Kier molecular flexibility index (Phi) is 7.68. The maximum absolute atomic E-state index is 12.6. The van der Waals surface area contributed by atoms with Gasteiger partial charge in [-0.2, -0.15) is 0 Å². The second-order valence-corrected chi connectivity index (χ2v) is 7.68. The van der Waals surface area contributed by atoms with Crippen molar-refractivity contribution in [3.05, 3.63) is 51.6 Å². The molecule has 0 aliphatic carbocycles. The van der Waals surface area contributed by atoms with E-state index in [1.807, 2.05) is 24.3 Å². The molecule has 0 aliphatic heterocycles. The van der Waals surface area contributed by atoms with Gasteiger partial charge in [0.25, 0.3) is 5.91 Å². The summed E-state index contributed by atoms with van der Waals surface area (Å²) in [5.74, 6) is 0.00594. The highest BCUT2D eigenvalue weighted by Gasteiger charge is 2.32. The van der Waals surface area contributed by atoms with Crippen molar-refractivity contribution >= 4 is 11.6 Å². The third kappa shape index (κ3) is 5.56. The van der Waals surface area contributed by atoms with Crippen LogP contribution in [0, 0.1) is 10.1 Å². The zero-order chi connectivity index (χ0) is 23.2. The van der Waals surface area contributed by atoms with Gasteiger partial charge in [0.15, 0.2) is 5.75 Å². The zero-order valence-corrected chi connectivity index (χ0v) is 18.6. The number of nitrogens with zero attached hydrogens (tertiary/aromatic N) is 1. The van der Waals surface area contributed by atoms with E-state index in [2.05, 4.69) is 26.1 Å². The van der Waals surface area contributed by atoms with Crippen molar-refractivity contribution in [2.75, 3.05) is 34.5 Å². The summed E-state index contributed by atoms with van der Waals surface area (Å²) in [4.78, 5) is 23.6. The lowest BCUT2D eigenvalue weighted by Gasteiger charge is -2.19. The van der Waals surface area contributed by atoms with Gasteiger partial charge >= 0.3 is 5.69 Å². The number of hydrogen-bond acceptors (Lipinski definition) is 7. The molecule has 2 aromatic rings. The molecule has 0 unspecified atom stereocenters. The van der Waals surface area contributed by atoms with E-state index < -0.39 is 16.5 Å². The smallest absolute Gasteiger partial charge is 0.327 e. The van der Waals surface area contributed by atoms with Crippen LogP contribution < -0.4 is 24.3 Å².